The Kier molecular flexibility index (Phi) is 8.09. The highest BCUT2D eigenvalue weighted by atomic mass is 32.2. The monoisotopic (exact) mass is 350 g/mol. The van der Waals surface area contributed by atoms with E-state index in [1.165, 1.54) is 12.8 Å². The smallest absolute Gasteiger partial charge is 0.241 e. The number of ether oxygens (including phenoxy) is 1. The van der Waals surface area contributed by atoms with Gasteiger partial charge in [-0.15, -0.1) is 0 Å². The Hall–Kier alpha value is -1.04. The van der Waals surface area contributed by atoms with Crippen molar-refractivity contribution < 1.29 is 9.53 Å². The van der Waals surface area contributed by atoms with Gasteiger partial charge in [0.25, 0.3) is 0 Å². The van der Waals surface area contributed by atoms with E-state index < -0.39 is 6.04 Å². The maximum atomic E-state index is 12.1. The maximum Gasteiger partial charge on any atom is 0.241 e. The summed E-state index contributed by atoms with van der Waals surface area (Å²) in [5, 5.41) is 2.91. The highest BCUT2D eigenvalue weighted by molar-refractivity contribution is 7.98. The van der Waals surface area contributed by atoms with Gasteiger partial charge in [-0.2, -0.15) is 11.8 Å². The standard InChI is InChI=1S/C19H30N2O2S/c1-14-5-3-8-17(11-14)23-13-15-6-4-7-16(12-15)21-19(22)18(20)9-10-24-2/h4,6-7,12,14,17-18H,3,5,8-11,13,20H2,1-2H3,(H,21,22)/t14?,17?,18-/m0/s1. The molecule has 134 valence electrons. The molecule has 0 bridgehead atoms. The number of benzene rings is 1. The molecule has 1 aliphatic rings. The average Bonchev–Trinajstić information content (AvgIpc) is 2.58. The molecule has 0 saturated heterocycles. The van der Waals surface area contributed by atoms with Crippen LogP contribution in [0.25, 0.3) is 0 Å². The van der Waals surface area contributed by atoms with Gasteiger partial charge in [0.2, 0.25) is 5.91 Å². The first-order valence-corrected chi connectivity index (χ1v) is 10.2. The number of hydrogen-bond acceptors (Lipinski definition) is 4. The van der Waals surface area contributed by atoms with Crippen molar-refractivity contribution in [1.82, 2.24) is 0 Å². The predicted molar refractivity (Wildman–Crippen MR) is 102 cm³/mol. The van der Waals surface area contributed by atoms with Crippen LogP contribution in [0.4, 0.5) is 5.69 Å². The third-order valence-electron chi connectivity index (χ3n) is 4.54. The molecule has 0 radical (unpaired) electrons. The number of nitrogens with one attached hydrogen (secondary N) is 1. The molecule has 2 rings (SSSR count). The fraction of sp³-hybridized carbons (Fsp3) is 0.632. The number of anilines is 1. The SMILES string of the molecule is CSCC[C@H](N)C(=O)Nc1cccc(COC2CCCC(C)C2)c1. The Balaban J connectivity index is 1.83. The van der Waals surface area contributed by atoms with Gasteiger partial charge in [-0.25, -0.2) is 0 Å². The molecular formula is C19H30N2O2S. The van der Waals surface area contributed by atoms with Crippen LogP contribution in [0.5, 0.6) is 0 Å². The van der Waals surface area contributed by atoms with Crippen LogP contribution in [-0.2, 0) is 16.1 Å². The highest BCUT2D eigenvalue weighted by Gasteiger charge is 2.19. The predicted octanol–water partition coefficient (Wildman–Crippen LogP) is 3.80. The van der Waals surface area contributed by atoms with Gasteiger partial charge in [-0.05, 0) is 54.9 Å². The summed E-state index contributed by atoms with van der Waals surface area (Å²) in [6.07, 6.45) is 7.96. The summed E-state index contributed by atoms with van der Waals surface area (Å²) in [7, 11) is 0. The van der Waals surface area contributed by atoms with Gasteiger partial charge in [0.1, 0.15) is 0 Å². The largest absolute Gasteiger partial charge is 0.374 e. The Morgan fingerprint density at radius 2 is 2.29 bits per heavy atom. The van der Waals surface area contributed by atoms with Gasteiger partial charge in [0, 0.05) is 5.69 Å². The van der Waals surface area contributed by atoms with Crippen LogP contribution in [0.15, 0.2) is 24.3 Å². The second-order valence-corrected chi connectivity index (χ2v) is 7.77. The van der Waals surface area contributed by atoms with E-state index in [9.17, 15) is 4.79 Å². The number of carbonyl (C=O) groups is 1. The van der Waals surface area contributed by atoms with E-state index in [0.717, 1.165) is 35.8 Å². The minimum atomic E-state index is -0.457. The molecule has 4 nitrogen and oxygen atoms in total. The summed E-state index contributed by atoms with van der Waals surface area (Å²) in [6.45, 7) is 2.89. The van der Waals surface area contributed by atoms with Crippen molar-refractivity contribution in [3.05, 3.63) is 29.8 Å². The van der Waals surface area contributed by atoms with Gasteiger partial charge < -0.3 is 15.8 Å². The fourth-order valence-electron chi connectivity index (χ4n) is 3.09. The first-order valence-electron chi connectivity index (χ1n) is 8.84. The topological polar surface area (TPSA) is 64.4 Å². The van der Waals surface area contributed by atoms with Crippen LogP contribution in [0, 0.1) is 5.92 Å². The minimum absolute atomic E-state index is 0.122. The zero-order chi connectivity index (χ0) is 17.4. The summed E-state index contributed by atoms with van der Waals surface area (Å²) >= 11 is 1.70. The summed E-state index contributed by atoms with van der Waals surface area (Å²) in [5.74, 6) is 1.53. The van der Waals surface area contributed by atoms with Crippen LogP contribution in [0.1, 0.15) is 44.6 Å². The lowest BCUT2D eigenvalue weighted by molar-refractivity contribution is -0.117. The summed E-state index contributed by atoms with van der Waals surface area (Å²) < 4.78 is 6.06. The number of thioether (sulfide) groups is 1. The normalized spacial score (nSPS) is 22.1. The zero-order valence-electron chi connectivity index (χ0n) is 14.8. The Labute approximate surface area is 149 Å². The Morgan fingerprint density at radius 3 is 3.04 bits per heavy atom. The molecule has 1 aromatic carbocycles. The van der Waals surface area contributed by atoms with Gasteiger partial charge >= 0.3 is 0 Å². The molecular weight excluding hydrogens is 320 g/mol. The first kappa shape index (κ1) is 19.3. The molecule has 5 heteroatoms. The Bertz CT molecular complexity index is 524. The van der Waals surface area contributed by atoms with Gasteiger partial charge in [0.05, 0.1) is 18.8 Å². The Morgan fingerprint density at radius 1 is 1.46 bits per heavy atom. The van der Waals surface area contributed by atoms with E-state index in [-0.39, 0.29) is 5.91 Å². The molecule has 1 fully saturated rings. The van der Waals surface area contributed by atoms with Crippen molar-refractivity contribution in [2.75, 3.05) is 17.3 Å². The molecule has 0 heterocycles. The summed E-state index contributed by atoms with van der Waals surface area (Å²) in [6, 6.07) is 7.40. The van der Waals surface area contributed by atoms with Crippen LogP contribution in [0.3, 0.4) is 0 Å². The van der Waals surface area contributed by atoms with Crippen LogP contribution < -0.4 is 11.1 Å². The minimum Gasteiger partial charge on any atom is -0.374 e. The highest BCUT2D eigenvalue weighted by Crippen LogP contribution is 2.26. The van der Waals surface area contributed by atoms with Crippen molar-refractivity contribution in [1.29, 1.82) is 0 Å². The number of rotatable bonds is 8. The van der Waals surface area contributed by atoms with E-state index in [1.807, 2.05) is 30.5 Å². The number of amides is 1. The van der Waals surface area contributed by atoms with E-state index in [1.54, 1.807) is 11.8 Å². The molecule has 0 spiro atoms. The lowest BCUT2D eigenvalue weighted by Gasteiger charge is -2.26. The van der Waals surface area contributed by atoms with E-state index in [0.29, 0.717) is 19.1 Å². The summed E-state index contributed by atoms with van der Waals surface area (Å²) in [4.78, 5) is 12.1. The molecule has 3 atom stereocenters. The maximum absolute atomic E-state index is 12.1. The van der Waals surface area contributed by atoms with Crippen molar-refractivity contribution >= 4 is 23.4 Å². The van der Waals surface area contributed by atoms with Crippen molar-refractivity contribution in [2.24, 2.45) is 11.7 Å². The molecule has 24 heavy (non-hydrogen) atoms. The third-order valence-corrected chi connectivity index (χ3v) is 5.18. The molecule has 2 unspecified atom stereocenters. The number of nitrogens with two attached hydrogens (primary N) is 1. The molecule has 1 saturated carbocycles. The quantitative estimate of drug-likeness (QED) is 0.748. The lowest BCUT2D eigenvalue weighted by atomic mass is 9.89. The second-order valence-electron chi connectivity index (χ2n) is 6.78. The fourth-order valence-corrected chi connectivity index (χ4v) is 3.58. The average molecular weight is 351 g/mol. The molecule has 3 N–H and O–H groups in total. The van der Waals surface area contributed by atoms with E-state index >= 15 is 0 Å². The summed E-state index contributed by atoms with van der Waals surface area (Å²) in [5.41, 5.74) is 7.78. The van der Waals surface area contributed by atoms with Crippen molar-refractivity contribution in [2.45, 2.75) is 57.8 Å². The first-order chi connectivity index (χ1) is 11.6. The van der Waals surface area contributed by atoms with E-state index in [4.69, 9.17) is 10.5 Å². The molecule has 1 aromatic rings. The number of carbonyl (C=O) groups excluding carboxylic acids is 1. The van der Waals surface area contributed by atoms with Gasteiger partial charge in [-0.1, -0.05) is 31.9 Å². The van der Waals surface area contributed by atoms with Crippen molar-refractivity contribution in [3.63, 3.8) is 0 Å². The second kappa shape index (κ2) is 10.1. The van der Waals surface area contributed by atoms with Gasteiger partial charge in [-0.3, -0.25) is 4.79 Å². The van der Waals surface area contributed by atoms with Crippen LogP contribution in [0.2, 0.25) is 0 Å². The zero-order valence-corrected chi connectivity index (χ0v) is 15.6. The molecule has 0 aliphatic heterocycles. The van der Waals surface area contributed by atoms with Crippen LogP contribution in [-0.4, -0.2) is 30.1 Å². The number of hydrogen-bond donors (Lipinski definition) is 2. The molecule has 0 aromatic heterocycles. The third kappa shape index (κ3) is 6.46. The molecule has 1 amide bonds. The van der Waals surface area contributed by atoms with Gasteiger partial charge in [0.15, 0.2) is 0 Å². The van der Waals surface area contributed by atoms with Crippen LogP contribution >= 0.6 is 11.8 Å². The lowest BCUT2D eigenvalue weighted by Crippen LogP contribution is -2.36. The molecule has 1 aliphatic carbocycles. The van der Waals surface area contributed by atoms with E-state index in [2.05, 4.69) is 12.2 Å². The van der Waals surface area contributed by atoms with Crippen molar-refractivity contribution in [3.8, 4) is 0 Å².